The fourth-order valence-electron chi connectivity index (χ4n) is 1.68. The molecule has 7 heteroatoms. The highest BCUT2D eigenvalue weighted by molar-refractivity contribution is 5.93. The fraction of sp³-hybridized carbons (Fsp3) is 0.308. The first-order valence-corrected chi connectivity index (χ1v) is 5.62. The van der Waals surface area contributed by atoms with E-state index in [1.165, 1.54) is 19.2 Å². The van der Waals surface area contributed by atoms with Crippen LogP contribution >= 0.6 is 0 Å². The zero-order valence-corrected chi connectivity index (χ0v) is 11.0. The second kappa shape index (κ2) is 7.13. The molecule has 1 N–H and O–H groups in total. The van der Waals surface area contributed by atoms with E-state index >= 15 is 0 Å². The van der Waals surface area contributed by atoms with Gasteiger partial charge in [0.1, 0.15) is 12.5 Å². The minimum atomic E-state index is -1.52. The monoisotopic (exact) mass is 282 g/mol. The summed E-state index contributed by atoms with van der Waals surface area (Å²) in [7, 11) is 2.37. The molecule has 0 saturated carbocycles. The van der Waals surface area contributed by atoms with Gasteiger partial charge in [0.05, 0.1) is 19.8 Å². The lowest BCUT2D eigenvalue weighted by Crippen LogP contribution is -2.23. The molecule has 0 fully saturated rings. The van der Waals surface area contributed by atoms with Crippen LogP contribution in [0.25, 0.3) is 0 Å². The lowest BCUT2D eigenvalue weighted by molar-refractivity contribution is -0.143. The van der Waals surface area contributed by atoms with Crippen LogP contribution in [0.2, 0.25) is 0 Å². The van der Waals surface area contributed by atoms with Crippen LogP contribution in [-0.2, 0) is 19.0 Å². The lowest BCUT2D eigenvalue weighted by Gasteiger charge is -2.16. The molecule has 1 rings (SSSR count). The Kier molecular flexibility index (Phi) is 5.52. The zero-order chi connectivity index (χ0) is 15.1. The van der Waals surface area contributed by atoms with E-state index in [9.17, 15) is 14.4 Å². The van der Waals surface area contributed by atoms with Gasteiger partial charge in [-0.25, -0.2) is 9.59 Å². The summed E-state index contributed by atoms with van der Waals surface area (Å²) >= 11 is 0. The van der Waals surface area contributed by atoms with Crippen LogP contribution in [0.5, 0.6) is 0 Å². The molecule has 0 heterocycles. The molecular weight excluding hydrogens is 268 g/mol. The fourth-order valence-corrected chi connectivity index (χ4v) is 1.68. The number of hydrogen-bond donors (Lipinski definition) is 1. The summed E-state index contributed by atoms with van der Waals surface area (Å²) in [5.41, 5.74) is 0.437. The van der Waals surface area contributed by atoms with Crippen molar-refractivity contribution in [3.05, 3.63) is 35.4 Å². The Labute approximate surface area is 115 Å². The summed E-state index contributed by atoms with van der Waals surface area (Å²) in [4.78, 5) is 33.9. The van der Waals surface area contributed by atoms with Gasteiger partial charge in [-0.1, -0.05) is 18.2 Å². The molecule has 7 nitrogen and oxygen atoms in total. The van der Waals surface area contributed by atoms with Crippen molar-refractivity contribution in [2.45, 2.75) is 5.92 Å². The molecule has 1 atom stereocenters. The van der Waals surface area contributed by atoms with E-state index in [-0.39, 0.29) is 11.1 Å². The van der Waals surface area contributed by atoms with Crippen molar-refractivity contribution in [3.63, 3.8) is 0 Å². The van der Waals surface area contributed by atoms with E-state index in [1.54, 1.807) is 12.1 Å². The molecule has 0 aliphatic rings. The average Bonchev–Trinajstić information content (AvgIpc) is 2.46. The van der Waals surface area contributed by atoms with Gasteiger partial charge < -0.3 is 19.3 Å². The van der Waals surface area contributed by atoms with Crippen molar-refractivity contribution in [2.24, 2.45) is 0 Å². The van der Waals surface area contributed by atoms with E-state index in [0.29, 0.717) is 0 Å². The van der Waals surface area contributed by atoms with Gasteiger partial charge in [0.15, 0.2) is 0 Å². The van der Waals surface area contributed by atoms with Crippen LogP contribution in [-0.4, -0.2) is 44.0 Å². The minimum absolute atomic E-state index is 0.152. The van der Waals surface area contributed by atoms with Crippen LogP contribution < -0.4 is 0 Å². The highest BCUT2D eigenvalue weighted by atomic mass is 16.7. The number of carboxylic acid groups (broad SMARTS) is 1. The predicted octanol–water partition coefficient (Wildman–Crippen LogP) is 1.42. The Morgan fingerprint density at radius 1 is 1.15 bits per heavy atom. The molecule has 1 aromatic rings. The normalized spacial score (nSPS) is 11.3. The Hall–Kier alpha value is -2.57. The van der Waals surface area contributed by atoms with Crippen LogP contribution in [0.1, 0.15) is 21.8 Å². The van der Waals surface area contributed by atoms with E-state index in [1.807, 2.05) is 0 Å². The van der Waals surface area contributed by atoms with Crippen LogP contribution in [0, 0.1) is 0 Å². The van der Waals surface area contributed by atoms with Crippen molar-refractivity contribution in [1.29, 1.82) is 0 Å². The molecule has 0 amide bonds. The second-order valence-electron chi connectivity index (χ2n) is 3.73. The van der Waals surface area contributed by atoms with Crippen LogP contribution in [0.3, 0.4) is 0 Å². The van der Waals surface area contributed by atoms with Gasteiger partial charge >= 0.3 is 18.1 Å². The third-order valence-electron chi connectivity index (χ3n) is 2.60. The Balaban J connectivity index is 3.16. The van der Waals surface area contributed by atoms with Gasteiger partial charge in [0.2, 0.25) is 0 Å². The summed E-state index contributed by atoms with van der Waals surface area (Å²) in [6, 6.07) is 6.19. The highest BCUT2D eigenvalue weighted by Gasteiger charge is 2.28. The summed E-state index contributed by atoms with van der Waals surface area (Å²) in [6.45, 7) is -0.448. The molecule has 0 saturated heterocycles. The molecule has 0 aliphatic carbocycles. The van der Waals surface area contributed by atoms with Gasteiger partial charge in [0, 0.05) is 0 Å². The number of carbonyl (C=O) groups is 3. The van der Waals surface area contributed by atoms with Crippen molar-refractivity contribution < 1.29 is 33.7 Å². The number of benzene rings is 1. The van der Waals surface area contributed by atoms with E-state index in [4.69, 9.17) is 5.11 Å². The lowest BCUT2D eigenvalue weighted by atomic mass is 9.94. The van der Waals surface area contributed by atoms with E-state index in [0.717, 1.165) is 7.11 Å². The Bertz CT molecular complexity index is 509. The molecule has 108 valence electrons. The maximum Gasteiger partial charge on any atom is 0.505 e. The Morgan fingerprint density at radius 3 is 2.35 bits per heavy atom. The maximum atomic E-state index is 11.7. The third-order valence-corrected chi connectivity index (χ3v) is 2.60. The second-order valence-corrected chi connectivity index (χ2v) is 3.73. The maximum absolute atomic E-state index is 11.7. The SMILES string of the molecule is COC(=O)c1ccccc1C(COC(=O)O)C(=O)OC. The topological polar surface area (TPSA) is 99.1 Å². The summed E-state index contributed by atoms with van der Waals surface area (Å²) in [5, 5.41) is 8.52. The number of ether oxygens (including phenoxy) is 3. The quantitative estimate of drug-likeness (QED) is 0.644. The van der Waals surface area contributed by atoms with Crippen molar-refractivity contribution >= 4 is 18.1 Å². The summed E-state index contributed by atoms with van der Waals surface area (Å²) in [5.74, 6) is -2.38. The standard InChI is InChI=1S/C13H14O7/c1-18-11(14)9-6-4-3-5-8(9)10(12(15)19-2)7-20-13(16)17/h3-6,10H,7H2,1-2H3,(H,16,17). The smallest absolute Gasteiger partial charge is 0.468 e. The number of esters is 2. The van der Waals surface area contributed by atoms with Gasteiger partial charge in [-0.3, -0.25) is 4.79 Å². The summed E-state index contributed by atoms with van der Waals surface area (Å²) < 4.78 is 13.6. The van der Waals surface area contributed by atoms with Crippen LogP contribution in [0.15, 0.2) is 24.3 Å². The van der Waals surface area contributed by atoms with Crippen molar-refractivity contribution in [1.82, 2.24) is 0 Å². The molecule has 20 heavy (non-hydrogen) atoms. The molecule has 0 bridgehead atoms. The number of methoxy groups -OCH3 is 2. The molecule has 0 radical (unpaired) electrons. The third kappa shape index (κ3) is 3.71. The number of carbonyl (C=O) groups excluding carboxylic acids is 2. The molecule has 1 aromatic carbocycles. The molecular formula is C13H14O7. The molecule has 1 unspecified atom stereocenters. The largest absolute Gasteiger partial charge is 0.505 e. The first-order chi connectivity index (χ1) is 9.51. The first-order valence-electron chi connectivity index (χ1n) is 5.62. The number of hydrogen-bond acceptors (Lipinski definition) is 6. The van der Waals surface area contributed by atoms with E-state index in [2.05, 4.69) is 14.2 Å². The first kappa shape index (κ1) is 15.5. The van der Waals surface area contributed by atoms with Crippen molar-refractivity contribution in [2.75, 3.05) is 20.8 Å². The summed E-state index contributed by atoms with van der Waals surface area (Å²) in [6.07, 6.45) is -1.52. The van der Waals surface area contributed by atoms with Gasteiger partial charge in [-0.05, 0) is 11.6 Å². The van der Waals surface area contributed by atoms with Crippen molar-refractivity contribution in [3.8, 4) is 0 Å². The minimum Gasteiger partial charge on any atom is -0.468 e. The average molecular weight is 282 g/mol. The molecule has 0 spiro atoms. The van der Waals surface area contributed by atoms with Gasteiger partial charge in [-0.15, -0.1) is 0 Å². The van der Waals surface area contributed by atoms with Crippen LogP contribution in [0.4, 0.5) is 4.79 Å². The zero-order valence-electron chi connectivity index (χ0n) is 11.0. The number of rotatable bonds is 5. The Morgan fingerprint density at radius 2 is 1.80 bits per heavy atom. The van der Waals surface area contributed by atoms with Gasteiger partial charge in [-0.2, -0.15) is 0 Å². The van der Waals surface area contributed by atoms with E-state index < -0.39 is 30.6 Å². The molecule has 0 aliphatic heterocycles. The van der Waals surface area contributed by atoms with Gasteiger partial charge in [0.25, 0.3) is 0 Å². The molecule has 0 aromatic heterocycles. The highest BCUT2D eigenvalue weighted by Crippen LogP contribution is 2.23. The predicted molar refractivity (Wildman–Crippen MR) is 66.5 cm³/mol.